The van der Waals surface area contributed by atoms with Gasteiger partial charge in [-0.1, -0.05) is 52.3 Å². The van der Waals surface area contributed by atoms with Crippen LogP contribution in [0.2, 0.25) is 0 Å². The number of carbonyl (C=O) groups is 3. The number of carboxylic acid groups (broad SMARTS) is 1. The molecule has 8 nitrogen and oxygen atoms in total. The largest absolute Gasteiger partial charge is 0.481 e. The van der Waals surface area contributed by atoms with Crippen molar-refractivity contribution in [1.29, 1.82) is 0 Å². The van der Waals surface area contributed by atoms with E-state index in [0.29, 0.717) is 21.4 Å². The molecule has 2 aromatic rings. The number of nitrogens with one attached hydrogen (secondary N) is 1. The highest BCUT2D eigenvalue weighted by molar-refractivity contribution is 9.10. The molecule has 2 N–H and O–H groups in total. The number of hydrogen-bond donors (Lipinski definition) is 2. The smallest absolute Gasteiger partial charge is 0.341 e. The van der Waals surface area contributed by atoms with Gasteiger partial charge in [-0.3, -0.25) is 14.5 Å². The van der Waals surface area contributed by atoms with Crippen molar-refractivity contribution >= 4 is 56.7 Å². The second-order valence-electron chi connectivity index (χ2n) is 6.77. The number of rotatable bonds is 9. The van der Waals surface area contributed by atoms with Crippen LogP contribution in [0, 0.1) is 0 Å². The van der Waals surface area contributed by atoms with E-state index in [1.807, 2.05) is 30.3 Å². The molecular formula is C23H20BrN3O5S. The van der Waals surface area contributed by atoms with E-state index in [1.165, 1.54) is 4.90 Å². The second-order valence-corrected chi connectivity index (χ2v) is 8.70. The monoisotopic (exact) mass is 529 g/mol. The minimum atomic E-state index is -1.11. The predicted molar refractivity (Wildman–Crippen MR) is 130 cm³/mol. The van der Waals surface area contributed by atoms with Gasteiger partial charge in [0.05, 0.1) is 11.3 Å². The molecule has 0 unspecified atom stereocenters. The summed E-state index contributed by atoms with van der Waals surface area (Å²) in [6.07, 6.45) is 3.31. The fourth-order valence-corrected chi connectivity index (χ4v) is 4.17. The van der Waals surface area contributed by atoms with Crippen LogP contribution in [-0.2, 0) is 20.8 Å². The summed E-state index contributed by atoms with van der Waals surface area (Å²) in [5, 5.41) is 13.3. The molecule has 33 heavy (non-hydrogen) atoms. The molecule has 0 atom stereocenters. The van der Waals surface area contributed by atoms with Crippen LogP contribution < -0.4 is 10.2 Å². The standard InChI is InChI=1S/C23H20BrN3O5S/c1-2-10-27-22(31)19(13-16-12-17(24)8-9-18(16)32-14-21(29)30)33-23(27)26-25-20(28)11-15-6-4-3-5-7-15/h2-9,12-13H,1,10-11,14H2,(H,25,28)(H,29,30). The minimum Gasteiger partial charge on any atom is -0.481 e. The Morgan fingerprint density at radius 3 is 2.70 bits per heavy atom. The third-order valence-electron chi connectivity index (χ3n) is 4.29. The summed E-state index contributed by atoms with van der Waals surface area (Å²) in [5.41, 5.74) is 3.86. The van der Waals surface area contributed by atoms with E-state index in [-0.39, 0.29) is 24.8 Å². The molecule has 0 spiro atoms. The topological polar surface area (TPSA) is 108 Å². The molecular weight excluding hydrogens is 510 g/mol. The van der Waals surface area contributed by atoms with Crippen molar-refractivity contribution in [1.82, 2.24) is 10.3 Å². The first kappa shape index (κ1) is 24.3. The van der Waals surface area contributed by atoms with Crippen LogP contribution in [0.15, 0.2) is 75.7 Å². The molecule has 0 saturated carbocycles. The molecule has 0 aromatic heterocycles. The molecule has 0 radical (unpaired) electrons. The summed E-state index contributed by atoms with van der Waals surface area (Å²) in [6, 6.07) is 14.3. The van der Waals surface area contributed by atoms with E-state index in [2.05, 4.69) is 33.0 Å². The summed E-state index contributed by atoms with van der Waals surface area (Å²) < 4.78 is 6.07. The summed E-state index contributed by atoms with van der Waals surface area (Å²) >= 11 is 4.46. The van der Waals surface area contributed by atoms with Crippen LogP contribution in [0.1, 0.15) is 11.1 Å². The van der Waals surface area contributed by atoms with Crippen molar-refractivity contribution in [2.24, 2.45) is 5.10 Å². The number of ether oxygens (including phenoxy) is 1. The van der Waals surface area contributed by atoms with Crippen LogP contribution in [-0.4, -0.2) is 46.1 Å². The molecule has 10 heteroatoms. The fourth-order valence-electron chi connectivity index (χ4n) is 2.86. The maximum Gasteiger partial charge on any atom is 0.341 e. The second kappa shape index (κ2) is 11.5. The minimum absolute atomic E-state index is 0.155. The molecule has 1 saturated heterocycles. The lowest BCUT2D eigenvalue weighted by atomic mass is 10.1. The Kier molecular flexibility index (Phi) is 8.45. The maximum absolute atomic E-state index is 13.0. The summed E-state index contributed by atoms with van der Waals surface area (Å²) in [4.78, 5) is 37.8. The van der Waals surface area contributed by atoms with E-state index in [9.17, 15) is 14.4 Å². The van der Waals surface area contributed by atoms with Crippen molar-refractivity contribution in [3.63, 3.8) is 0 Å². The van der Waals surface area contributed by atoms with Gasteiger partial charge >= 0.3 is 5.97 Å². The van der Waals surface area contributed by atoms with Gasteiger partial charge in [0.1, 0.15) is 5.75 Å². The fraction of sp³-hybridized carbons (Fsp3) is 0.130. The number of halogens is 1. The number of hydrazone groups is 1. The zero-order valence-corrected chi connectivity index (χ0v) is 19.8. The molecule has 0 aliphatic carbocycles. The number of hydrogen-bond acceptors (Lipinski definition) is 6. The lowest BCUT2D eigenvalue weighted by molar-refractivity contribution is -0.139. The molecule has 170 valence electrons. The summed E-state index contributed by atoms with van der Waals surface area (Å²) in [5.74, 6) is -1.42. The average Bonchev–Trinajstić information content (AvgIpc) is 3.07. The van der Waals surface area contributed by atoms with Crippen LogP contribution in [0.25, 0.3) is 6.08 Å². The van der Waals surface area contributed by atoms with E-state index < -0.39 is 12.6 Å². The number of thioether (sulfide) groups is 1. The summed E-state index contributed by atoms with van der Waals surface area (Å²) in [7, 11) is 0. The molecule has 1 heterocycles. The van der Waals surface area contributed by atoms with Gasteiger partial charge in [0.2, 0.25) is 5.91 Å². The van der Waals surface area contributed by atoms with E-state index >= 15 is 0 Å². The highest BCUT2D eigenvalue weighted by Crippen LogP contribution is 2.35. The Morgan fingerprint density at radius 1 is 1.24 bits per heavy atom. The first-order valence-corrected chi connectivity index (χ1v) is 11.3. The lowest BCUT2D eigenvalue weighted by Gasteiger charge is -2.12. The third-order valence-corrected chi connectivity index (χ3v) is 5.79. The van der Waals surface area contributed by atoms with Crippen LogP contribution >= 0.6 is 27.7 Å². The lowest BCUT2D eigenvalue weighted by Crippen LogP contribution is -2.31. The highest BCUT2D eigenvalue weighted by Gasteiger charge is 2.33. The number of amides is 2. The van der Waals surface area contributed by atoms with Gasteiger partial charge in [-0.25, -0.2) is 10.2 Å². The van der Waals surface area contributed by atoms with Gasteiger partial charge in [0, 0.05) is 16.6 Å². The highest BCUT2D eigenvalue weighted by atomic mass is 79.9. The maximum atomic E-state index is 13.0. The van der Waals surface area contributed by atoms with Crippen molar-refractivity contribution in [3.8, 4) is 5.75 Å². The molecule has 3 rings (SSSR count). The van der Waals surface area contributed by atoms with E-state index in [4.69, 9.17) is 9.84 Å². The van der Waals surface area contributed by atoms with Crippen molar-refractivity contribution in [2.75, 3.05) is 13.2 Å². The van der Waals surface area contributed by atoms with Gasteiger partial charge in [0.25, 0.3) is 5.91 Å². The van der Waals surface area contributed by atoms with Crippen LogP contribution in [0.4, 0.5) is 0 Å². The summed E-state index contributed by atoms with van der Waals surface area (Å²) in [6.45, 7) is 3.37. The Bertz CT molecular complexity index is 1130. The Balaban J connectivity index is 1.81. The Morgan fingerprint density at radius 2 is 2.00 bits per heavy atom. The SMILES string of the molecule is C=CCN1C(=O)C(=Cc2cc(Br)ccc2OCC(=O)O)SC1=NNC(=O)Cc1ccccc1. The first-order chi connectivity index (χ1) is 15.9. The molecule has 1 aliphatic heterocycles. The van der Waals surface area contributed by atoms with E-state index in [0.717, 1.165) is 21.8 Å². The zero-order chi connectivity index (χ0) is 23.8. The van der Waals surface area contributed by atoms with Gasteiger partial charge in [-0.05, 0) is 41.6 Å². The number of carbonyl (C=O) groups excluding carboxylic acids is 2. The predicted octanol–water partition coefficient (Wildman–Crippen LogP) is 3.64. The van der Waals surface area contributed by atoms with Crippen molar-refractivity contribution in [2.45, 2.75) is 6.42 Å². The molecule has 1 aliphatic rings. The molecule has 2 aromatic carbocycles. The van der Waals surface area contributed by atoms with Crippen LogP contribution in [0.5, 0.6) is 5.75 Å². The Labute approximate surface area is 203 Å². The number of carboxylic acids is 1. The molecule has 0 bridgehead atoms. The number of nitrogens with zero attached hydrogens (tertiary/aromatic N) is 2. The molecule has 2 amide bonds. The zero-order valence-electron chi connectivity index (χ0n) is 17.4. The first-order valence-electron chi connectivity index (χ1n) is 9.74. The average molecular weight is 530 g/mol. The van der Waals surface area contributed by atoms with E-state index in [1.54, 1.807) is 30.4 Å². The van der Waals surface area contributed by atoms with Gasteiger partial charge in [-0.15, -0.1) is 11.7 Å². The van der Waals surface area contributed by atoms with Gasteiger partial charge in [0.15, 0.2) is 11.8 Å². The number of aliphatic carboxylic acids is 1. The number of amidine groups is 1. The molecule has 1 fully saturated rings. The van der Waals surface area contributed by atoms with Crippen LogP contribution in [0.3, 0.4) is 0 Å². The van der Waals surface area contributed by atoms with Crippen molar-refractivity contribution in [3.05, 3.63) is 81.7 Å². The quantitative estimate of drug-likeness (QED) is 0.291. The number of benzene rings is 2. The van der Waals surface area contributed by atoms with Crippen molar-refractivity contribution < 1.29 is 24.2 Å². The Hall–Kier alpha value is -3.37. The third kappa shape index (κ3) is 6.80. The van der Waals surface area contributed by atoms with Gasteiger partial charge in [-0.2, -0.15) is 0 Å². The van der Waals surface area contributed by atoms with Gasteiger partial charge < -0.3 is 9.84 Å². The normalized spacial score (nSPS) is 15.7.